The van der Waals surface area contributed by atoms with Gasteiger partial charge in [-0.25, -0.2) is 0 Å². The normalized spacial score (nSPS) is 56.4. The molecule has 0 bridgehead atoms. The summed E-state index contributed by atoms with van der Waals surface area (Å²) < 4.78 is 0. The molecule has 0 spiro atoms. The minimum atomic E-state index is -1.52. The van der Waals surface area contributed by atoms with Crippen molar-refractivity contribution in [1.29, 1.82) is 0 Å². The van der Waals surface area contributed by atoms with Gasteiger partial charge in [-0.1, -0.05) is 13.8 Å². The molecule has 0 amide bonds. The van der Waals surface area contributed by atoms with Crippen LogP contribution in [0.4, 0.5) is 0 Å². The van der Waals surface area contributed by atoms with Crippen molar-refractivity contribution in [2.75, 3.05) is 6.61 Å². The zero-order chi connectivity index (χ0) is 18.9. The summed E-state index contributed by atoms with van der Waals surface area (Å²) in [7, 11) is 0. The van der Waals surface area contributed by atoms with E-state index in [0.29, 0.717) is 24.7 Å². The van der Waals surface area contributed by atoms with Gasteiger partial charge in [0.1, 0.15) is 12.2 Å². The molecule has 0 aromatic rings. The van der Waals surface area contributed by atoms with Crippen LogP contribution in [-0.2, 0) is 4.79 Å². The van der Waals surface area contributed by atoms with Crippen LogP contribution in [0.3, 0.4) is 0 Å². The topological polar surface area (TPSA) is 98.0 Å². The molecule has 9 atom stereocenters. The third-order valence-corrected chi connectivity index (χ3v) is 9.33. The Balaban J connectivity index is 1.69. The number of ketones is 1. The molecule has 0 radical (unpaired) electrons. The molecule has 0 aromatic heterocycles. The number of hydrogen-bond acceptors (Lipinski definition) is 5. The predicted molar refractivity (Wildman–Crippen MR) is 96.2 cm³/mol. The molecule has 0 heterocycles. The lowest BCUT2D eigenvalue weighted by Gasteiger charge is -2.62. The molecule has 1 unspecified atom stereocenters. The van der Waals surface area contributed by atoms with Crippen LogP contribution in [0.25, 0.3) is 0 Å². The quantitative estimate of drug-likeness (QED) is 0.596. The number of hydrogen-bond donors (Lipinski definition) is 4. The fourth-order valence-corrected chi connectivity index (χ4v) is 7.95. The molecular weight excluding hydrogens is 332 g/mol. The lowest BCUT2D eigenvalue weighted by Crippen LogP contribution is -2.63. The average molecular weight is 366 g/mol. The van der Waals surface area contributed by atoms with Crippen LogP contribution in [0.15, 0.2) is 0 Å². The van der Waals surface area contributed by atoms with E-state index in [9.17, 15) is 25.2 Å². The lowest BCUT2D eigenvalue weighted by molar-refractivity contribution is -0.202. The maximum absolute atomic E-state index is 12.4. The van der Waals surface area contributed by atoms with Crippen LogP contribution in [0, 0.1) is 34.5 Å². The van der Waals surface area contributed by atoms with Gasteiger partial charge in [-0.15, -0.1) is 0 Å². The van der Waals surface area contributed by atoms with Crippen LogP contribution in [0.1, 0.15) is 65.2 Å². The highest BCUT2D eigenvalue weighted by molar-refractivity contribution is 5.89. The number of rotatable bonds is 2. The van der Waals surface area contributed by atoms with Crippen molar-refractivity contribution in [1.82, 2.24) is 0 Å². The monoisotopic (exact) mass is 366 g/mol. The molecule has 4 aliphatic carbocycles. The van der Waals surface area contributed by atoms with Crippen molar-refractivity contribution in [2.45, 2.75) is 83.0 Å². The number of aliphatic hydroxyl groups excluding tert-OH is 3. The first-order valence-electron chi connectivity index (χ1n) is 10.4. The smallest absolute Gasteiger partial charge is 0.190 e. The second-order valence-corrected chi connectivity index (χ2v) is 10.2. The van der Waals surface area contributed by atoms with Gasteiger partial charge in [0.25, 0.3) is 0 Å². The standard InChI is InChI=1S/C21H34O5/c1-19-7-5-13(23)9-12(19)3-4-14-15-6-8-21(26,17(25)11-22)20(15,2)10-16(24)18(14)19/h12-16,18,22-24,26H,3-11H2,1-2H3/t12?,13-,14+,15+,16+,18-,19+,20+,21+/m1/s1. The highest BCUT2D eigenvalue weighted by atomic mass is 16.3. The zero-order valence-corrected chi connectivity index (χ0v) is 16.0. The number of aliphatic hydroxyl groups is 4. The number of Topliss-reactive ketones (excluding diaryl/α,β-unsaturated/α-hetero) is 1. The first-order chi connectivity index (χ1) is 12.2. The van der Waals surface area contributed by atoms with Crippen LogP contribution in [0.5, 0.6) is 0 Å². The van der Waals surface area contributed by atoms with Crippen LogP contribution in [0.2, 0.25) is 0 Å². The van der Waals surface area contributed by atoms with Crippen molar-refractivity contribution in [2.24, 2.45) is 34.5 Å². The molecule has 4 rings (SSSR count). The molecule has 0 aromatic carbocycles. The van der Waals surface area contributed by atoms with E-state index in [0.717, 1.165) is 38.5 Å². The van der Waals surface area contributed by atoms with E-state index in [2.05, 4.69) is 6.92 Å². The first-order valence-corrected chi connectivity index (χ1v) is 10.4. The fourth-order valence-electron chi connectivity index (χ4n) is 7.95. The summed E-state index contributed by atoms with van der Waals surface area (Å²) in [5, 5.41) is 41.9. The maximum atomic E-state index is 12.4. The molecule has 148 valence electrons. The first kappa shape index (κ1) is 18.9. The largest absolute Gasteiger partial charge is 0.393 e. The summed E-state index contributed by atoms with van der Waals surface area (Å²) in [4.78, 5) is 12.4. The van der Waals surface area contributed by atoms with Gasteiger partial charge < -0.3 is 20.4 Å². The Morgan fingerprint density at radius 2 is 1.81 bits per heavy atom. The Morgan fingerprint density at radius 1 is 1.08 bits per heavy atom. The molecular formula is C21H34O5. The van der Waals surface area contributed by atoms with Crippen LogP contribution >= 0.6 is 0 Å². The number of fused-ring (bicyclic) bond motifs is 5. The van der Waals surface area contributed by atoms with E-state index < -0.39 is 29.5 Å². The Kier molecular flexibility index (Phi) is 4.35. The minimum absolute atomic E-state index is 0.0323. The number of carbonyl (C=O) groups excluding carboxylic acids is 1. The molecule has 4 saturated carbocycles. The average Bonchev–Trinajstić information content (AvgIpc) is 2.86. The van der Waals surface area contributed by atoms with Gasteiger partial charge in [0.05, 0.1) is 12.2 Å². The van der Waals surface area contributed by atoms with Crippen LogP contribution in [-0.4, -0.2) is 50.6 Å². The number of carbonyl (C=O) groups is 1. The highest BCUT2D eigenvalue weighted by Crippen LogP contribution is 2.68. The molecule has 0 saturated heterocycles. The second-order valence-electron chi connectivity index (χ2n) is 10.2. The van der Waals surface area contributed by atoms with Crippen molar-refractivity contribution >= 4 is 5.78 Å². The van der Waals surface area contributed by atoms with E-state index in [-0.39, 0.29) is 23.4 Å². The van der Waals surface area contributed by atoms with E-state index in [1.165, 1.54) is 0 Å². The summed E-state index contributed by atoms with van der Waals surface area (Å²) in [5.41, 5.74) is -2.14. The third-order valence-electron chi connectivity index (χ3n) is 9.33. The van der Waals surface area contributed by atoms with Crippen molar-refractivity contribution in [3.63, 3.8) is 0 Å². The van der Waals surface area contributed by atoms with Gasteiger partial charge in [-0.05, 0) is 80.5 Å². The SMILES string of the molecule is C[C@]12CC[C@@H](O)CC1CC[C@@H]1[C@@H]2[C@@H](O)C[C@@]2(C)[C@H]1CC[C@]2(O)C(=O)CO. The maximum Gasteiger partial charge on any atom is 0.190 e. The fraction of sp³-hybridized carbons (Fsp3) is 0.952. The summed E-state index contributed by atoms with van der Waals surface area (Å²) in [6.45, 7) is 3.61. The Morgan fingerprint density at radius 3 is 2.50 bits per heavy atom. The zero-order valence-electron chi connectivity index (χ0n) is 16.0. The van der Waals surface area contributed by atoms with E-state index in [4.69, 9.17) is 0 Å². The summed E-state index contributed by atoms with van der Waals surface area (Å²) >= 11 is 0. The van der Waals surface area contributed by atoms with Gasteiger partial charge in [0.2, 0.25) is 0 Å². The van der Waals surface area contributed by atoms with E-state index >= 15 is 0 Å². The Hall–Kier alpha value is -0.490. The van der Waals surface area contributed by atoms with E-state index in [1.54, 1.807) is 0 Å². The van der Waals surface area contributed by atoms with Gasteiger partial charge in [0.15, 0.2) is 5.78 Å². The third kappa shape index (κ3) is 2.27. The molecule has 4 fully saturated rings. The van der Waals surface area contributed by atoms with Gasteiger partial charge in [-0.2, -0.15) is 0 Å². The molecule has 26 heavy (non-hydrogen) atoms. The van der Waals surface area contributed by atoms with Crippen molar-refractivity contribution < 1.29 is 25.2 Å². The molecule has 4 aliphatic rings. The minimum Gasteiger partial charge on any atom is -0.393 e. The summed E-state index contributed by atoms with van der Waals surface area (Å²) in [6.07, 6.45) is 5.48. The Labute approximate surface area is 155 Å². The summed E-state index contributed by atoms with van der Waals surface area (Å²) in [5.74, 6) is 0.653. The lowest BCUT2D eigenvalue weighted by atomic mass is 9.43. The van der Waals surface area contributed by atoms with Crippen molar-refractivity contribution in [3.05, 3.63) is 0 Å². The molecule has 0 aliphatic heterocycles. The summed E-state index contributed by atoms with van der Waals surface area (Å²) in [6, 6.07) is 0. The Bertz CT molecular complexity index is 593. The second kappa shape index (κ2) is 6.00. The van der Waals surface area contributed by atoms with Crippen molar-refractivity contribution in [3.8, 4) is 0 Å². The van der Waals surface area contributed by atoms with Gasteiger partial charge >= 0.3 is 0 Å². The van der Waals surface area contributed by atoms with Gasteiger partial charge in [-0.3, -0.25) is 4.79 Å². The molecule has 5 nitrogen and oxygen atoms in total. The van der Waals surface area contributed by atoms with Crippen LogP contribution < -0.4 is 0 Å². The van der Waals surface area contributed by atoms with Gasteiger partial charge in [0, 0.05) is 5.41 Å². The predicted octanol–water partition coefficient (Wildman–Crippen LogP) is 1.65. The molecule has 4 N–H and O–H groups in total. The molecule has 5 heteroatoms. The van der Waals surface area contributed by atoms with E-state index in [1.807, 2.05) is 6.92 Å². The highest BCUT2D eigenvalue weighted by Gasteiger charge is 2.68.